The van der Waals surface area contributed by atoms with E-state index in [4.69, 9.17) is 94.7 Å². The van der Waals surface area contributed by atoms with Crippen molar-refractivity contribution in [3.63, 3.8) is 0 Å². The molecule has 0 aromatic heterocycles. The first-order chi connectivity index (χ1) is 65.3. The van der Waals surface area contributed by atoms with Gasteiger partial charge in [-0.15, -0.1) is 0 Å². The van der Waals surface area contributed by atoms with Crippen LogP contribution in [0.5, 0.6) is 115 Å². The van der Waals surface area contributed by atoms with Gasteiger partial charge in [-0.05, 0) is 117 Å². The third kappa shape index (κ3) is 19.0. The summed E-state index contributed by atoms with van der Waals surface area (Å²) in [4.78, 5) is 0. The predicted molar refractivity (Wildman–Crippen MR) is 534 cm³/mol. The summed E-state index contributed by atoms with van der Waals surface area (Å²) in [7, 11) is 33.3. The van der Waals surface area contributed by atoms with Crippen molar-refractivity contribution >= 4 is 21.5 Å². The van der Waals surface area contributed by atoms with Gasteiger partial charge in [0.1, 0.15) is 46.0 Å². The fraction of sp³-hybridized carbons (Fsp3) is 0.246. The van der Waals surface area contributed by atoms with Crippen molar-refractivity contribution in [3.05, 3.63) is 299 Å². The van der Waals surface area contributed by atoms with Crippen LogP contribution in [0, 0.1) is 0 Å². The zero-order valence-corrected chi connectivity index (χ0v) is 80.7. The van der Waals surface area contributed by atoms with E-state index in [0.29, 0.717) is 69.0 Å². The molecule has 0 amide bonds. The van der Waals surface area contributed by atoms with Gasteiger partial charge in [0, 0.05) is 137 Å². The normalized spacial score (nSPS) is 13.4. The molecular weight excluding hydrogens is 1690 g/mol. The van der Waals surface area contributed by atoms with E-state index in [2.05, 4.69) is 125 Å². The van der Waals surface area contributed by atoms with Crippen molar-refractivity contribution in [2.45, 2.75) is 51.4 Å². The van der Waals surface area contributed by atoms with E-state index in [9.17, 15) is 0 Å². The quantitative estimate of drug-likeness (QED) is 0.0466. The predicted octanol–water partition coefficient (Wildman–Crippen LogP) is 26.1. The van der Waals surface area contributed by atoms with Crippen molar-refractivity contribution < 1.29 is 94.7 Å². The van der Waals surface area contributed by atoms with Gasteiger partial charge < -0.3 is 94.7 Å². The van der Waals surface area contributed by atoms with E-state index in [1.807, 2.05) is 158 Å². The van der Waals surface area contributed by atoms with Crippen LogP contribution in [0.2, 0.25) is 0 Å². The summed E-state index contributed by atoms with van der Waals surface area (Å²) < 4.78 is 115. The maximum atomic E-state index is 5.99. The number of ether oxygens (including phenoxy) is 20. The lowest BCUT2D eigenvalue weighted by Crippen LogP contribution is -2.11. The van der Waals surface area contributed by atoms with Crippen LogP contribution in [0.1, 0.15) is 95.9 Å². The molecule has 0 radical (unpaired) electrons. The SMILES string of the molecule is COc1cc(OC)c2cc1C(C)c1cc(c(OC)cc1OC)C(C)c1cc(c(OC)cc1OC)C(C)c1cc(c(OC)cc1OC)C2C.COc1cccc(-c2c3ccccc3c(-c3cccc(OC)c3OC)c3ccccc23)c1OC.COc1cccc(-c2cccc(-c3cccc(OC)c3OC)c2)c1OC.COc1cccc(-c2cccc(-c3cccc(OC)c3OC)c2)c1OC. The summed E-state index contributed by atoms with van der Waals surface area (Å²) >= 11 is 0. The summed E-state index contributed by atoms with van der Waals surface area (Å²) in [5, 5.41) is 4.47. The molecule has 20 nitrogen and oxygen atoms in total. The van der Waals surface area contributed by atoms with Crippen LogP contribution in [-0.4, -0.2) is 142 Å². The lowest BCUT2D eigenvalue weighted by molar-refractivity contribution is 0.356. The van der Waals surface area contributed by atoms with E-state index >= 15 is 0 Å². The zero-order chi connectivity index (χ0) is 95.6. The Balaban J connectivity index is 0.000000157. The smallest absolute Gasteiger partial charge is 0.168 e. The van der Waals surface area contributed by atoms with Crippen LogP contribution in [-0.2, 0) is 0 Å². The van der Waals surface area contributed by atoms with Crippen molar-refractivity contribution in [2.75, 3.05) is 142 Å². The van der Waals surface area contributed by atoms with Gasteiger partial charge >= 0.3 is 0 Å². The Hall–Kier alpha value is -15.2. The molecule has 0 atom stereocenters. The Morgan fingerprint density at radius 1 is 0.142 bits per heavy atom. The maximum Gasteiger partial charge on any atom is 0.168 e. The molecule has 1 aliphatic rings. The fourth-order valence-electron chi connectivity index (χ4n) is 18.2. The molecule has 134 heavy (non-hydrogen) atoms. The van der Waals surface area contributed by atoms with E-state index in [-0.39, 0.29) is 23.7 Å². The Labute approximate surface area is 786 Å². The van der Waals surface area contributed by atoms with Crippen molar-refractivity contribution in [3.8, 4) is 182 Å². The molecule has 0 fully saturated rings. The van der Waals surface area contributed by atoms with Crippen LogP contribution >= 0.6 is 0 Å². The molecule has 16 rings (SSSR count). The second kappa shape index (κ2) is 44.2. The summed E-state index contributed by atoms with van der Waals surface area (Å²) in [5.41, 5.74) is 20.2. The molecule has 15 aromatic carbocycles. The highest BCUT2D eigenvalue weighted by Crippen LogP contribution is 2.55. The van der Waals surface area contributed by atoms with Crippen LogP contribution in [0.15, 0.2) is 255 Å². The van der Waals surface area contributed by atoms with E-state index in [0.717, 1.165) is 179 Å². The lowest BCUT2D eigenvalue weighted by atomic mass is 9.80. The Morgan fingerprint density at radius 2 is 0.299 bits per heavy atom. The Bertz CT molecular complexity index is 5820. The van der Waals surface area contributed by atoms with E-state index in [1.54, 1.807) is 142 Å². The molecule has 0 heterocycles. The van der Waals surface area contributed by atoms with Crippen LogP contribution in [0.4, 0.5) is 0 Å². The second-order valence-electron chi connectivity index (χ2n) is 31.5. The number of methoxy groups -OCH3 is 20. The first-order valence-corrected chi connectivity index (χ1v) is 43.7. The lowest BCUT2D eigenvalue weighted by Gasteiger charge is -2.28. The second-order valence-corrected chi connectivity index (χ2v) is 31.5. The van der Waals surface area contributed by atoms with Crippen molar-refractivity contribution in [1.82, 2.24) is 0 Å². The first kappa shape index (κ1) is 96.4. The molecule has 0 aliphatic heterocycles. The molecule has 20 heteroatoms. The minimum Gasteiger partial charge on any atom is -0.496 e. The topological polar surface area (TPSA) is 185 Å². The molecule has 694 valence electrons. The monoisotopic (exact) mass is 1810 g/mol. The van der Waals surface area contributed by atoms with Gasteiger partial charge in [-0.25, -0.2) is 0 Å². The number of hydrogen-bond acceptors (Lipinski definition) is 20. The molecule has 0 N–H and O–H groups in total. The number of benzene rings is 15. The number of rotatable bonds is 26. The average Bonchev–Trinajstić information content (AvgIpc) is 0.722. The van der Waals surface area contributed by atoms with Crippen LogP contribution in [0.3, 0.4) is 0 Å². The summed E-state index contributed by atoms with van der Waals surface area (Å²) in [6.07, 6.45) is 0. The molecule has 0 spiro atoms. The minimum atomic E-state index is -0.127. The Morgan fingerprint density at radius 3 is 0.463 bits per heavy atom. The highest BCUT2D eigenvalue weighted by molar-refractivity contribution is 6.22. The summed E-state index contributed by atoms with van der Waals surface area (Å²) in [6.45, 7) is 8.67. The molecule has 0 saturated carbocycles. The average molecular weight is 1810 g/mol. The molecule has 8 bridgehead atoms. The van der Waals surface area contributed by atoms with Gasteiger partial charge in [0.05, 0.1) is 142 Å². The van der Waals surface area contributed by atoms with Gasteiger partial charge in [0.2, 0.25) is 0 Å². The van der Waals surface area contributed by atoms with E-state index < -0.39 is 0 Å². The number of para-hydroxylation sites is 6. The van der Waals surface area contributed by atoms with Gasteiger partial charge in [0.15, 0.2) is 69.0 Å². The Kier molecular flexibility index (Phi) is 31.8. The number of fused-ring (bicyclic) bond motifs is 10. The van der Waals surface area contributed by atoms with Crippen molar-refractivity contribution in [1.29, 1.82) is 0 Å². The van der Waals surface area contributed by atoms with Gasteiger partial charge in [-0.1, -0.05) is 185 Å². The van der Waals surface area contributed by atoms with Gasteiger partial charge in [-0.2, -0.15) is 0 Å². The highest BCUT2D eigenvalue weighted by atomic mass is 16.5. The number of hydrogen-bond donors (Lipinski definition) is 0. The molecule has 0 saturated heterocycles. The third-order valence-corrected chi connectivity index (χ3v) is 24.9. The molecule has 15 aromatic rings. The highest BCUT2D eigenvalue weighted by Gasteiger charge is 2.33. The van der Waals surface area contributed by atoms with Crippen LogP contribution in [0.25, 0.3) is 88.3 Å². The largest absolute Gasteiger partial charge is 0.496 e. The minimum absolute atomic E-state index is 0.127. The fourth-order valence-corrected chi connectivity index (χ4v) is 18.2. The van der Waals surface area contributed by atoms with Gasteiger partial charge in [0.25, 0.3) is 0 Å². The molecule has 0 unspecified atom stereocenters. The molecular formula is C114H118O20. The standard InChI is InChI=1S/C40H48O8.C30H26O4.2C22H22O4/c1-21-25-13-27(35(43-7)17-33(25)41-5)22(2)29-15-31(39(47-11)19-37(29)45-9)24(4)32-16-30(38(46-10)20-40(32)48-12)23(3)28-14-26(21)34(42-6)18-36(28)44-8;1-31-25-17-9-15-23(29(25)33-3)27-19-11-5-7-13-21(19)28(22-14-8-6-12-20(22)27)24-16-10-18-26(32-2)30(24)34-4;2*1-23-19-12-6-10-17(21(19)25-3)15-8-5-9-16(14-15)18-11-7-13-20(24-2)22(18)26-4/h13-24H,1-12H3;5-18H,1-4H3;2*5-14H,1-4H3. The third-order valence-electron chi connectivity index (χ3n) is 24.9. The van der Waals surface area contributed by atoms with E-state index in [1.165, 1.54) is 0 Å². The summed E-state index contributed by atoms with van der Waals surface area (Å²) in [6, 6.07) is 85.4. The molecule has 1 aliphatic carbocycles. The first-order valence-electron chi connectivity index (χ1n) is 43.7. The van der Waals surface area contributed by atoms with Crippen molar-refractivity contribution in [2.24, 2.45) is 0 Å². The van der Waals surface area contributed by atoms with Gasteiger partial charge in [-0.3, -0.25) is 0 Å². The zero-order valence-electron chi connectivity index (χ0n) is 80.7. The maximum absolute atomic E-state index is 5.99. The van der Waals surface area contributed by atoms with Crippen LogP contribution < -0.4 is 94.7 Å². The summed E-state index contributed by atoms with van der Waals surface area (Å²) in [5.74, 6) is 13.8.